The molecule has 0 unspecified atom stereocenters. The van der Waals surface area contributed by atoms with Crippen molar-refractivity contribution in [2.24, 2.45) is 0 Å². The van der Waals surface area contributed by atoms with Crippen LogP contribution in [0.5, 0.6) is 11.5 Å². The number of carbonyl (C=O) groups excluding carboxylic acids is 1. The van der Waals surface area contributed by atoms with Crippen LogP contribution in [0, 0.1) is 0 Å². The SMILES string of the molecule is COc1cccc(OC)c1C(=O)NCCc1c[nH]c2ccccc12. The molecule has 2 aromatic carbocycles. The monoisotopic (exact) mass is 324 g/mol. The third kappa shape index (κ3) is 3.06. The number of aromatic amines is 1. The molecular formula is C19H20N2O3. The van der Waals surface area contributed by atoms with E-state index in [-0.39, 0.29) is 5.91 Å². The van der Waals surface area contributed by atoms with Gasteiger partial charge in [-0.15, -0.1) is 0 Å². The van der Waals surface area contributed by atoms with E-state index in [9.17, 15) is 4.79 Å². The molecule has 0 radical (unpaired) electrons. The Bertz CT molecular complexity index is 832. The number of nitrogens with one attached hydrogen (secondary N) is 2. The van der Waals surface area contributed by atoms with Gasteiger partial charge in [0.2, 0.25) is 0 Å². The Hall–Kier alpha value is -2.95. The molecule has 5 nitrogen and oxygen atoms in total. The standard InChI is InChI=1S/C19H20N2O3/c1-23-16-8-5-9-17(24-2)18(16)19(22)20-11-10-13-12-21-15-7-4-3-6-14(13)15/h3-9,12,21H,10-11H2,1-2H3,(H,20,22). The maximum Gasteiger partial charge on any atom is 0.258 e. The second-order valence-electron chi connectivity index (χ2n) is 5.40. The Labute approximate surface area is 140 Å². The van der Waals surface area contributed by atoms with Crippen molar-refractivity contribution in [3.8, 4) is 11.5 Å². The summed E-state index contributed by atoms with van der Waals surface area (Å²) in [6, 6.07) is 13.4. The minimum Gasteiger partial charge on any atom is -0.496 e. The minimum atomic E-state index is -0.204. The first-order valence-electron chi connectivity index (χ1n) is 7.78. The molecule has 2 N–H and O–H groups in total. The zero-order valence-electron chi connectivity index (χ0n) is 13.8. The summed E-state index contributed by atoms with van der Waals surface area (Å²) in [7, 11) is 3.08. The van der Waals surface area contributed by atoms with Crippen LogP contribution in [0.3, 0.4) is 0 Å². The van der Waals surface area contributed by atoms with Gasteiger partial charge in [0.1, 0.15) is 17.1 Å². The van der Waals surface area contributed by atoms with Gasteiger partial charge in [0.15, 0.2) is 0 Å². The second kappa shape index (κ2) is 7.08. The Balaban J connectivity index is 1.70. The lowest BCUT2D eigenvalue weighted by Crippen LogP contribution is -2.26. The number of amides is 1. The zero-order valence-corrected chi connectivity index (χ0v) is 13.8. The molecule has 0 atom stereocenters. The van der Waals surface area contributed by atoms with Crippen LogP contribution in [-0.4, -0.2) is 31.7 Å². The number of methoxy groups -OCH3 is 2. The number of ether oxygens (including phenoxy) is 2. The van der Waals surface area contributed by atoms with Crippen LogP contribution in [0.4, 0.5) is 0 Å². The molecule has 3 rings (SSSR count). The van der Waals surface area contributed by atoms with Gasteiger partial charge in [-0.2, -0.15) is 0 Å². The number of hydrogen-bond donors (Lipinski definition) is 2. The predicted octanol–water partition coefficient (Wildman–Crippen LogP) is 3.16. The van der Waals surface area contributed by atoms with Gasteiger partial charge in [-0.25, -0.2) is 0 Å². The zero-order chi connectivity index (χ0) is 16.9. The summed E-state index contributed by atoms with van der Waals surface area (Å²) >= 11 is 0. The van der Waals surface area contributed by atoms with Gasteiger partial charge in [0.25, 0.3) is 5.91 Å². The lowest BCUT2D eigenvalue weighted by atomic mass is 10.1. The molecule has 0 saturated heterocycles. The highest BCUT2D eigenvalue weighted by Crippen LogP contribution is 2.28. The molecule has 0 aliphatic heterocycles. The number of carbonyl (C=O) groups is 1. The lowest BCUT2D eigenvalue weighted by Gasteiger charge is -2.12. The molecule has 24 heavy (non-hydrogen) atoms. The molecule has 124 valence electrons. The fourth-order valence-electron chi connectivity index (χ4n) is 2.81. The molecule has 0 fully saturated rings. The summed E-state index contributed by atoms with van der Waals surface area (Å²) in [5.74, 6) is 0.794. The highest BCUT2D eigenvalue weighted by molar-refractivity contribution is 5.99. The van der Waals surface area contributed by atoms with Crippen molar-refractivity contribution >= 4 is 16.8 Å². The highest BCUT2D eigenvalue weighted by Gasteiger charge is 2.17. The molecular weight excluding hydrogens is 304 g/mol. The first-order chi connectivity index (χ1) is 11.7. The summed E-state index contributed by atoms with van der Waals surface area (Å²) in [5, 5.41) is 4.12. The van der Waals surface area contributed by atoms with Crippen molar-refractivity contribution in [2.45, 2.75) is 6.42 Å². The molecule has 1 heterocycles. The Kier molecular flexibility index (Phi) is 4.70. The summed E-state index contributed by atoms with van der Waals surface area (Å²) in [4.78, 5) is 15.8. The fourth-order valence-corrected chi connectivity index (χ4v) is 2.81. The van der Waals surface area contributed by atoms with Crippen LogP contribution >= 0.6 is 0 Å². The van der Waals surface area contributed by atoms with E-state index in [1.807, 2.05) is 24.4 Å². The molecule has 1 amide bonds. The average molecular weight is 324 g/mol. The third-order valence-electron chi connectivity index (χ3n) is 4.01. The molecule has 5 heteroatoms. The van der Waals surface area contributed by atoms with Gasteiger partial charge in [-0.1, -0.05) is 24.3 Å². The summed E-state index contributed by atoms with van der Waals surface area (Å²) in [6.45, 7) is 0.530. The molecule has 3 aromatic rings. The van der Waals surface area contributed by atoms with Crippen molar-refractivity contribution < 1.29 is 14.3 Å². The van der Waals surface area contributed by atoms with Crippen molar-refractivity contribution in [2.75, 3.05) is 20.8 Å². The van der Waals surface area contributed by atoms with E-state index in [1.165, 1.54) is 25.2 Å². The maximum absolute atomic E-state index is 12.5. The van der Waals surface area contributed by atoms with Crippen LogP contribution < -0.4 is 14.8 Å². The van der Waals surface area contributed by atoms with Gasteiger partial charge >= 0.3 is 0 Å². The summed E-state index contributed by atoms with van der Waals surface area (Å²) < 4.78 is 10.5. The van der Waals surface area contributed by atoms with E-state index in [0.717, 1.165) is 11.9 Å². The number of H-pyrrole nitrogens is 1. The Morgan fingerprint density at radius 2 is 1.75 bits per heavy atom. The van der Waals surface area contributed by atoms with Gasteiger partial charge in [-0.05, 0) is 30.2 Å². The average Bonchev–Trinajstić information content (AvgIpc) is 3.04. The quantitative estimate of drug-likeness (QED) is 0.732. The fraction of sp³-hybridized carbons (Fsp3) is 0.211. The predicted molar refractivity (Wildman–Crippen MR) is 93.9 cm³/mol. The smallest absolute Gasteiger partial charge is 0.258 e. The van der Waals surface area contributed by atoms with E-state index in [4.69, 9.17) is 9.47 Å². The number of benzene rings is 2. The van der Waals surface area contributed by atoms with E-state index in [1.54, 1.807) is 18.2 Å². The minimum absolute atomic E-state index is 0.204. The van der Waals surface area contributed by atoms with Gasteiger partial charge in [-0.3, -0.25) is 4.79 Å². The van der Waals surface area contributed by atoms with Crippen molar-refractivity contribution in [3.05, 3.63) is 59.8 Å². The highest BCUT2D eigenvalue weighted by atomic mass is 16.5. The number of fused-ring (bicyclic) bond motifs is 1. The number of aromatic nitrogens is 1. The topological polar surface area (TPSA) is 63.4 Å². The van der Waals surface area contributed by atoms with Crippen molar-refractivity contribution in [1.82, 2.24) is 10.3 Å². The van der Waals surface area contributed by atoms with Crippen LogP contribution in [-0.2, 0) is 6.42 Å². The van der Waals surface area contributed by atoms with Crippen LogP contribution in [0.25, 0.3) is 10.9 Å². The summed E-state index contributed by atoms with van der Waals surface area (Å²) in [6.07, 6.45) is 2.73. The molecule has 0 spiro atoms. The number of rotatable bonds is 6. The van der Waals surface area contributed by atoms with Crippen LogP contribution in [0.1, 0.15) is 15.9 Å². The molecule has 0 saturated carbocycles. The first-order valence-corrected chi connectivity index (χ1v) is 7.78. The largest absolute Gasteiger partial charge is 0.496 e. The van der Waals surface area contributed by atoms with Crippen LogP contribution in [0.15, 0.2) is 48.7 Å². The summed E-state index contributed by atoms with van der Waals surface area (Å²) in [5.41, 5.74) is 2.70. The molecule has 0 aliphatic carbocycles. The normalized spacial score (nSPS) is 10.6. The van der Waals surface area contributed by atoms with Crippen molar-refractivity contribution in [1.29, 1.82) is 0 Å². The lowest BCUT2D eigenvalue weighted by molar-refractivity contribution is 0.0948. The molecule has 0 aliphatic rings. The van der Waals surface area contributed by atoms with E-state index in [0.29, 0.717) is 23.6 Å². The third-order valence-corrected chi connectivity index (χ3v) is 4.01. The van der Waals surface area contributed by atoms with Gasteiger partial charge in [0, 0.05) is 23.6 Å². The number of hydrogen-bond acceptors (Lipinski definition) is 3. The van der Waals surface area contributed by atoms with E-state index < -0.39 is 0 Å². The van der Waals surface area contributed by atoms with Crippen molar-refractivity contribution in [3.63, 3.8) is 0 Å². The maximum atomic E-state index is 12.5. The molecule has 1 aromatic heterocycles. The molecule has 0 bridgehead atoms. The van der Waals surface area contributed by atoms with E-state index >= 15 is 0 Å². The van der Waals surface area contributed by atoms with Gasteiger partial charge < -0.3 is 19.8 Å². The Morgan fingerprint density at radius 1 is 1.04 bits per heavy atom. The second-order valence-corrected chi connectivity index (χ2v) is 5.40. The van der Waals surface area contributed by atoms with Crippen LogP contribution in [0.2, 0.25) is 0 Å². The Morgan fingerprint density at radius 3 is 2.46 bits per heavy atom. The number of para-hydroxylation sites is 1. The first kappa shape index (κ1) is 15.9. The van der Waals surface area contributed by atoms with E-state index in [2.05, 4.69) is 16.4 Å². The van der Waals surface area contributed by atoms with Gasteiger partial charge in [0.05, 0.1) is 14.2 Å².